The zero-order valence-electron chi connectivity index (χ0n) is 5.74. The van der Waals surface area contributed by atoms with Gasteiger partial charge in [-0.1, -0.05) is 6.92 Å². The highest BCUT2D eigenvalue weighted by Gasteiger charge is 2.06. The minimum Gasteiger partial charge on any atom is -0.381 e. The van der Waals surface area contributed by atoms with Crippen molar-refractivity contribution in [3.63, 3.8) is 0 Å². The Labute approximate surface area is 46.1 Å². The van der Waals surface area contributed by atoms with Crippen molar-refractivity contribution in [2.75, 3.05) is 13.2 Å². The summed E-state index contributed by atoms with van der Waals surface area (Å²) in [6, 6.07) is 0. The van der Waals surface area contributed by atoms with Gasteiger partial charge in [-0.05, 0) is 18.7 Å². The van der Waals surface area contributed by atoms with E-state index < -0.39 is 0 Å². The van der Waals surface area contributed by atoms with E-state index in [9.17, 15) is 0 Å². The molecular weight excluding hydrogens is 88.1 g/mol. The first kappa shape index (κ1) is 3.90. The Morgan fingerprint density at radius 1 is 1.57 bits per heavy atom. The highest BCUT2D eigenvalue weighted by atomic mass is 16.5. The molecule has 0 N–H and O–H groups in total. The van der Waals surface area contributed by atoms with Gasteiger partial charge >= 0.3 is 0 Å². The van der Waals surface area contributed by atoms with Crippen LogP contribution in [0.5, 0.6) is 0 Å². The largest absolute Gasteiger partial charge is 0.381 e. The van der Waals surface area contributed by atoms with Gasteiger partial charge in [-0.2, -0.15) is 0 Å². The first-order valence-electron chi connectivity index (χ1n) is 3.28. The molecule has 1 aliphatic heterocycles. The van der Waals surface area contributed by atoms with Crippen LogP contribution in [0, 0.1) is 5.89 Å². The Morgan fingerprint density at radius 3 is 2.43 bits per heavy atom. The molecular formula is C6H12O. The molecule has 42 valence electrons. The standard InChI is InChI=1S/C6H12O/c1-6-2-4-7-5-3-6/h6H,2-5H2,1H3/i6D. The molecule has 1 heteroatoms. The summed E-state index contributed by atoms with van der Waals surface area (Å²) in [7, 11) is 0. The van der Waals surface area contributed by atoms with Crippen LogP contribution in [-0.4, -0.2) is 13.2 Å². The minimum atomic E-state index is -0.196. The van der Waals surface area contributed by atoms with Crippen molar-refractivity contribution in [3.05, 3.63) is 0 Å². The van der Waals surface area contributed by atoms with E-state index in [4.69, 9.17) is 6.11 Å². The lowest BCUT2D eigenvalue weighted by Crippen LogP contribution is -2.12. The molecule has 1 aliphatic rings. The summed E-state index contributed by atoms with van der Waals surface area (Å²) in [5.74, 6) is -0.196. The molecule has 1 fully saturated rings. The molecule has 7 heavy (non-hydrogen) atoms. The van der Waals surface area contributed by atoms with Crippen LogP contribution in [0.2, 0.25) is 0 Å². The smallest absolute Gasteiger partial charge is 0.0468 e. The van der Waals surface area contributed by atoms with Crippen molar-refractivity contribution < 1.29 is 6.11 Å². The van der Waals surface area contributed by atoms with Crippen LogP contribution in [0.3, 0.4) is 0 Å². The van der Waals surface area contributed by atoms with E-state index in [1.54, 1.807) is 0 Å². The van der Waals surface area contributed by atoms with E-state index >= 15 is 0 Å². The average molecular weight is 101 g/mol. The third-order valence-corrected chi connectivity index (χ3v) is 1.35. The van der Waals surface area contributed by atoms with Gasteiger partial charge in [-0.3, -0.25) is 0 Å². The quantitative estimate of drug-likeness (QED) is 0.448. The SMILES string of the molecule is [2H]C1(C)CCOCC1. The fraction of sp³-hybridized carbons (Fsp3) is 1.00. The zero-order chi connectivity index (χ0) is 6.04. The van der Waals surface area contributed by atoms with Crippen molar-refractivity contribution >= 4 is 0 Å². The molecule has 0 aromatic rings. The number of hydrogen-bond acceptors (Lipinski definition) is 1. The molecule has 0 saturated carbocycles. The topological polar surface area (TPSA) is 9.23 Å². The second-order valence-corrected chi connectivity index (χ2v) is 2.07. The Kier molecular flexibility index (Phi) is 1.29. The van der Waals surface area contributed by atoms with Gasteiger partial charge in [0.2, 0.25) is 0 Å². The van der Waals surface area contributed by atoms with Gasteiger partial charge in [0.15, 0.2) is 0 Å². The monoisotopic (exact) mass is 101 g/mol. The van der Waals surface area contributed by atoms with Gasteiger partial charge in [-0.25, -0.2) is 0 Å². The maximum Gasteiger partial charge on any atom is 0.0468 e. The van der Waals surface area contributed by atoms with Gasteiger partial charge in [0.25, 0.3) is 0 Å². The lowest BCUT2D eigenvalue weighted by molar-refractivity contribution is 0.0716. The molecule has 0 aromatic heterocycles. The first-order chi connectivity index (χ1) is 3.71. The van der Waals surface area contributed by atoms with Crippen molar-refractivity contribution in [3.8, 4) is 0 Å². The molecule has 0 aliphatic carbocycles. The third-order valence-electron chi connectivity index (χ3n) is 1.35. The summed E-state index contributed by atoms with van der Waals surface area (Å²) in [6.45, 7) is 3.52. The van der Waals surface area contributed by atoms with Crippen LogP contribution in [0.4, 0.5) is 0 Å². The molecule has 0 aromatic carbocycles. The fourth-order valence-corrected chi connectivity index (χ4v) is 0.720. The summed E-state index contributed by atoms with van der Waals surface area (Å²) in [5, 5.41) is 0. The Balaban J connectivity index is 2.33. The maximum absolute atomic E-state index is 7.55. The molecule has 0 atom stereocenters. The van der Waals surface area contributed by atoms with Gasteiger partial charge < -0.3 is 4.74 Å². The van der Waals surface area contributed by atoms with Crippen LogP contribution in [-0.2, 0) is 4.74 Å². The lowest BCUT2D eigenvalue weighted by atomic mass is 10.0. The summed E-state index contributed by atoms with van der Waals surface area (Å²) in [5.41, 5.74) is 0. The highest BCUT2D eigenvalue weighted by Crippen LogP contribution is 2.11. The second kappa shape index (κ2) is 2.31. The lowest BCUT2D eigenvalue weighted by Gasteiger charge is -2.16. The normalized spacial score (nSPS) is 31.9. The molecule has 1 rings (SSSR count). The maximum atomic E-state index is 7.55. The molecule has 0 unspecified atom stereocenters. The van der Waals surface area contributed by atoms with Crippen molar-refractivity contribution in [2.24, 2.45) is 5.89 Å². The van der Waals surface area contributed by atoms with E-state index in [1.807, 2.05) is 6.92 Å². The Hall–Kier alpha value is -0.0400. The van der Waals surface area contributed by atoms with Crippen LogP contribution >= 0.6 is 0 Å². The van der Waals surface area contributed by atoms with Crippen LogP contribution < -0.4 is 0 Å². The zero-order valence-corrected chi connectivity index (χ0v) is 4.74. The van der Waals surface area contributed by atoms with Crippen molar-refractivity contribution in [1.82, 2.24) is 0 Å². The van der Waals surface area contributed by atoms with Gasteiger partial charge in [0, 0.05) is 14.6 Å². The van der Waals surface area contributed by atoms with Gasteiger partial charge in [0.1, 0.15) is 0 Å². The van der Waals surface area contributed by atoms with E-state index in [-0.39, 0.29) is 5.89 Å². The molecule has 0 spiro atoms. The molecule has 1 heterocycles. The minimum absolute atomic E-state index is 0.196. The predicted molar refractivity (Wildman–Crippen MR) is 29.2 cm³/mol. The highest BCUT2D eigenvalue weighted by molar-refractivity contribution is 4.55. The van der Waals surface area contributed by atoms with Crippen LogP contribution in [0.1, 0.15) is 21.1 Å². The van der Waals surface area contributed by atoms with Crippen molar-refractivity contribution in [1.29, 1.82) is 0 Å². The first-order valence-corrected chi connectivity index (χ1v) is 2.78. The van der Waals surface area contributed by atoms with E-state index in [0.717, 1.165) is 26.1 Å². The Morgan fingerprint density at radius 2 is 2.14 bits per heavy atom. The van der Waals surface area contributed by atoms with E-state index in [1.165, 1.54) is 0 Å². The molecule has 1 saturated heterocycles. The third kappa shape index (κ3) is 1.48. The predicted octanol–water partition coefficient (Wildman–Crippen LogP) is 1.43. The van der Waals surface area contributed by atoms with Crippen molar-refractivity contribution in [2.45, 2.75) is 19.8 Å². The van der Waals surface area contributed by atoms with E-state index in [0.29, 0.717) is 0 Å². The number of rotatable bonds is 0. The average Bonchev–Trinajstić information content (AvgIpc) is 1.65. The van der Waals surface area contributed by atoms with Crippen LogP contribution in [0.25, 0.3) is 0 Å². The Bertz CT molecular complexity index is 72.6. The van der Waals surface area contributed by atoms with Gasteiger partial charge in [-0.15, -0.1) is 0 Å². The van der Waals surface area contributed by atoms with Crippen LogP contribution in [0.15, 0.2) is 0 Å². The summed E-state index contributed by atoms with van der Waals surface area (Å²) >= 11 is 0. The van der Waals surface area contributed by atoms with E-state index in [2.05, 4.69) is 0 Å². The second-order valence-electron chi connectivity index (χ2n) is 2.07. The molecule has 0 amide bonds. The fourth-order valence-electron chi connectivity index (χ4n) is 0.720. The molecule has 0 radical (unpaired) electrons. The summed E-state index contributed by atoms with van der Waals surface area (Å²) < 4.78 is 12.6. The molecule has 0 bridgehead atoms. The summed E-state index contributed by atoms with van der Waals surface area (Å²) in [6.07, 6.45) is 1.79. The summed E-state index contributed by atoms with van der Waals surface area (Å²) in [4.78, 5) is 0. The molecule has 1 nitrogen and oxygen atoms in total. The number of hydrogen-bond donors (Lipinski definition) is 0. The van der Waals surface area contributed by atoms with Gasteiger partial charge in [0.05, 0.1) is 0 Å². The number of ether oxygens (including phenoxy) is 1.